The van der Waals surface area contributed by atoms with Gasteiger partial charge in [0.15, 0.2) is 0 Å². The third kappa shape index (κ3) is 1.68. The average Bonchev–Trinajstić information content (AvgIpc) is 2.96. The van der Waals surface area contributed by atoms with Gasteiger partial charge in [-0.05, 0) is 24.3 Å². The minimum absolute atomic E-state index is 0.307. The van der Waals surface area contributed by atoms with Crippen molar-refractivity contribution in [3.05, 3.63) is 48.0 Å². The SMILES string of the molecule is NC(c1ncn[nH]1)c1cc2cc(F)ccc2o1. The van der Waals surface area contributed by atoms with Crippen molar-refractivity contribution in [1.82, 2.24) is 15.2 Å². The molecule has 0 spiro atoms. The van der Waals surface area contributed by atoms with Gasteiger partial charge >= 0.3 is 0 Å². The first-order valence-electron chi connectivity index (χ1n) is 5.04. The highest BCUT2D eigenvalue weighted by Crippen LogP contribution is 2.25. The summed E-state index contributed by atoms with van der Waals surface area (Å²) < 4.78 is 18.5. The van der Waals surface area contributed by atoms with Gasteiger partial charge in [0.2, 0.25) is 0 Å². The second-order valence-corrected chi connectivity index (χ2v) is 3.68. The molecule has 3 rings (SSSR count). The number of hydrogen-bond acceptors (Lipinski definition) is 4. The Morgan fingerprint density at radius 3 is 3.00 bits per heavy atom. The maximum absolute atomic E-state index is 13.0. The predicted octanol–water partition coefficient (Wildman–Crippen LogP) is 1.74. The Kier molecular flexibility index (Phi) is 2.15. The summed E-state index contributed by atoms with van der Waals surface area (Å²) in [5.74, 6) is 0.713. The summed E-state index contributed by atoms with van der Waals surface area (Å²) >= 11 is 0. The second-order valence-electron chi connectivity index (χ2n) is 3.68. The first-order chi connectivity index (χ1) is 8.24. The number of furan rings is 1. The molecule has 0 saturated carbocycles. The zero-order valence-electron chi connectivity index (χ0n) is 8.72. The van der Waals surface area contributed by atoms with Gasteiger partial charge < -0.3 is 10.2 Å². The Balaban J connectivity index is 2.06. The van der Waals surface area contributed by atoms with Crippen molar-refractivity contribution in [2.45, 2.75) is 6.04 Å². The summed E-state index contributed by atoms with van der Waals surface area (Å²) in [6, 6.07) is 5.48. The van der Waals surface area contributed by atoms with Crippen LogP contribution >= 0.6 is 0 Å². The number of nitrogens with zero attached hydrogens (tertiary/aromatic N) is 2. The van der Waals surface area contributed by atoms with Crippen LogP contribution in [-0.4, -0.2) is 15.2 Å². The lowest BCUT2D eigenvalue weighted by Gasteiger charge is -2.02. The lowest BCUT2D eigenvalue weighted by molar-refractivity contribution is 0.515. The lowest BCUT2D eigenvalue weighted by Crippen LogP contribution is -2.12. The normalized spacial score (nSPS) is 13.1. The van der Waals surface area contributed by atoms with Crippen LogP contribution in [-0.2, 0) is 0 Å². The maximum atomic E-state index is 13.0. The van der Waals surface area contributed by atoms with E-state index in [1.165, 1.54) is 18.5 Å². The van der Waals surface area contributed by atoms with Crippen LogP contribution in [0.5, 0.6) is 0 Å². The van der Waals surface area contributed by atoms with Crippen LogP contribution in [0, 0.1) is 5.82 Å². The van der Waals surface area contributed by atoms with E-state index in [9.17, 15) is 4.39 Å². The monoisotopic (exact) mass is 232 g/mol. The fraction of sp³-hybridized carbons (Fsp3) is 0.0909. The van der Waals surface area contributed by atoms with E-state index in [1.807, 2.05) is 0 Å². The highest BCUT2D eigenvalue weighted by atomic mass is 19.1. The highest BCUT2D eigenvalue weighted by molar-refractivity contribution is 5.78. The van der Waals surface area contributed by atoms with E-state index in [-0.39, 0.29) is 5.82 Å². The van der Waals surface area contributed by atoms with Gasteiger partial charge in [0.1, 0.15) is 35.4 Å². The minimum Gasteiger partial charge on any atom is -0.459 e. The molecule has 1 unspecified atom stereocenters. The molecule has 1 aromatic carbocycles. The number of fused-ring (bicyclic) bond motifs is 1. The standard InChI is InChI=1S/C11H9FN4O/c12-7-1-2-8-6(3-7)4-9(17-8)10(13)11-14-5-15-16-11/h1-5,10H,13H2,(H,14,15,16). The number of aromatic nitrogens is 3. The van der Waals surface area contributed by atoms with Crippen molar-refractivity contribution in [3.8, 4) is 0 Å². The van der Waals surface area contributed by atoms with E-state index in [2.05, 4.69) is 15.2 Å². The Hall–Kier alpha value is -2.21. The summed E-state index contributed by atoms with van der Waals surface area (Å²) in [6.45, 7) is 0. The number of benzene rings is 1. The molecule has 3 aromatic rings. The molecule has 3 N–H and O–H groups in total. The molecule has 0 fully saturated rings. The third-order valence-electron chi connectivity index (χ3n) is 2.53. The third-order valence-corrected chi connectivity index (χ3v) is 2.53. The minimum atomic E-state index is -0.534. The smallest absolute Gasteiger partial charge is 0.149 e. The number of H-pyrrole nitrogens is 1. The summed E-state index contributed by atoms with van der Waals surface area (Å²) in [4.78, 5) is 3.95. The van der Waals surface area contributed by atoms with E-state index < -0.39 is 6.04 Å². The van der Waals surface area contributed by atoms with Gasteiger partial charge in [0.05, 0.1) is 0 Å². The summed E-state index contributed by atoms with van der Waals surface area (Å²) in [5.41, 5.74) is 6.54. The van der Waals surface area contributed by atoms with Gasteiger partial charge in [-0.25, -0.2) is 9.37 Å². The first kappa shape index (κ1) is 9.98. The summed E-state index contributed by atoms with van der Waals surface area (Å²) in [5, 5.41) is 7.07. The van der Waals surface area contributed by atoms with Crippen molar-refractivity contribution < 1.29 is 8.81 Å². The molecule has 0 amide bonds. The summed E-state index contributed by atoms with van der Waals surface area (Å²) in [7, 11) is 0. The molecule has 86 valence electrons. The Bertz CT molecular complexity index is 647. The van der Waals surface area contributed by atoms with Crippen molar-refractivity contribution in [2.75, 3.05) is 0 Å². The topological polar surface area (TPSA) is 80.7 Å². The Morgan fingerprint density at radius 1 is 1.35 bits per heavy atom. The van der Waals surface area contributed by atoms with Crippen LogP contribution in [0.3, 0.4) is 0 Å². The zero-order chi connectivity index (χ0) is 11.8. The van der Waals surface area contributed by atoms with Crippen molar-refractivity contribution in [2.24, 2.45) is 5.73 Å². The van der Waals surface area contributed by atoms with E-state index in [4.69, 9.17) is 10.2 Å². The van der Waals surface area contributed by atoms with Crippen molar-refractivity contribution in [1.29, 1.82) is 0 Å². The van der Waals surface area contributed by atoms with Crippen molar-refractivity contribution >= 4 is 11.0 Å². The van der Waals surface area contributed by atoms with Gasteiger partial charge in [-0.3, -0.25) is 5.10 Å². The fourth-order valence-electron chi connectivity index (χ4n) is 1.69. The number of hydrogen-bond donors (Lipinski definition) is 2. The molecule has 2 aromatic heterocycles. The number of rotatable bonds is 2. The summed E-state index contributed by atoms with van der Waals surface area (Å²) in [6.07, 6.45) is 1.37. The molecule has 0 radical (unpaired) electrons. The van der Waals surface area contributed by atoms with Crippen LogP contribution in [0.2, 0.25) is 0 Å². The average molecular weight is 232 g/mol. The molecule has 0 aliphatic heterocycles. The van der Waals surface area contributed by atoms with Crippen LogP contribution in [0.1, 0.15) is 17.6 Å². The molecule has 0 aliphatic rings. The van der Waals surface area contributed by atoms with E-state index >= 15 is 0 Å². The molecule has 1 atom stereocenters. The molecule has 0 aliphatic carbocycles. The zero-order valence-corrected chi connectivity index (χ0v) is 8.72. The Labute approximate surface area is 95.5 Å². The number of aromatic amines is 1. The molecule has 5 nitrogen and oxygen atoms in total. The lowest BCUT2D eigenvalue weighted by atomic mass is 10.2. The quantitative estimate of drug-likeness (QED) is 0.705. The van der Waals surface area contributed by atoms with Crippen molar-refractivity contribution in [3.63, 3.8) is 0 Å². The molecular weight excluding hydrogens is 223 g/mol. The van der Waals surface area contributed by atoms with Crippen LogP contribution in [0.15, 0.2) is 35.0 Å². The van der Waals surface area contributed by atoms with Gasteiger partial charge in [-0.2, -0.15) is 5.10 Å². The number of halogens is 1. The van der Waals surface area contributed by atoms with Gasteiger partial charge in [0.25, 0.3) is 0 Å². The van der Waals surface area contributed by atoms with Crippen LogP contribution in [0.4, 0.5) is 4.39 Å². The largest absolute Gasteiger partial charge is 0.459 e. The molecule has 0 saturated heterocycles. The van der Waals surface area contributed by atoms with Gasteiger partial charge in [0, 0.05) is 5.39 Å². The van der Waals surface area contributed by atoms with Gasteiger partial charge in [-0.1, -0.05) is 0 Å². The van der Waals surface area contributed by atoms with E-state index in [0.717, 1.165) is 0 Å². The molecule has 6 heteroatoms. The van der Waals surface area contributed by atoms with Gasteiger partial charge in [-0.15, -0.1) is 0 Å². The second kappa shape index (κ2) is 3.67. The van der Waals surface area contributed by atoms with E-state index in [1.54, 1.807) is 12.1 Å². The molecule has 2 heterocycles. The molecular formula is C11H9FN4O. The first-order valence-corrected chi connectivity index (χ1v) is 5.04. The number of nitrogens with one attached hydrogen (secondary N) is 1. The van der Waals surface area contributed by atoms with E-state index in [0.29, 0.717) is 22.6 Å². The number of nitrogens with two attached hydrogens (primary N) is 1. The Morgan fingerprint density at radius 2 is 2.24 bits per heavy atom. The highest BCUT2D eigenvalue weighted by Gasteiger charge is 2.16. The van der Waals surface area contributed by atoms with Crippen LogP contribution in [0.25, 0.3) is 11.0 Å². The molecule has 17 heavy (non-hydrogen) atoms. The maximum Gasteiger partial charge on any atom is 0.149 e. The molecule has 0 bridgehead atoms. The predicted molar refractivity (Wildman–Crippen MR) is 58.6 cm³/mol. The fourth-order valence-corrected chi connectivity index (χ4v) is 1.69. The van der Waals surface area contributed by atoms with Crippen LogP contribution < -0.4 is 5.73 Å².